The number of rotatable bonds is 2. The first kappa shape index (κ1) is 11.2. The smallest absolute Gasteiger partial charge is 0.337 e. The molecule has 1 atom stereocenters. The molecule has 4 nitrogen and oxygen atoms in total. The van der Waals surface area contributed by atoms with Crippen LogP contribution in [0, 0.1) is 6.92 Å². The van der Waals surface area contributed by atoms with Crippen molar-refractivity contribution < 1.29 is 19.4 Å². The quantitative estimate of drug-likeness (QED) is 0.889. The highest BCUT2D eigenvalue weighted by molar-refractivity contribution is 9.10. The average molecular weight is 285 g/mol. The van der Waals surface area contributed by atoms with Crippen molar-refractivity contribution in [2.24, 2.45) is 0 Å². The summed E-state index contributed by atoms with van der Waals surface area (Å²) < 4.78 is 6.24. The van der Waals surface area contributed by atoms with Crippen LogP contribution in [0.2, 0.25) is 0 Å². The second-order valence-corrected chi connectivity index (χ2v) is 4.37. The molecular weight excluding hydrogens is 276 g/mol. The van der Waals surface area contributed by atoms with Gasteiger partial charge in [-0.15, -0.1) is 0 Å². The van der Waals surface area contributed by atoms with Crippen LogP contribution in [-0.2, 0) is 4.79 Å². The van der Waals surface area contributed by atoms with Gasteiger partial charge in [0.25, 0.3) is 0 Å². The predicted octanol–water partition coefficient (Wildman–Crippen LogP) is 2.62. The lowest BCUT2D eigenvalue weighted by Gasteiger charge is -2.03. The van der Waals surface area contributed by atoms with E-state index in [1.165, 1.54) is 0 Å². The van der Waals surface area contributed by atoms with Crippen LogP contribution in [0.1, 0.15) is 17.4 Å². The van der Waals surface area contributed by atoms with Crippen molar-refractivity contribution in [3.8, 4) is 0 Å². The Kier molecular flexibility index (Phi) is 2.73. The largest absolute Gasteiger partial charge is 0.479 e. The van der Waals surface area contributed by atoms with Crippen LogP contribution in [0.4, 0.5) is 0 Å². The van der Waals surface area contributed by atoms with E-state index in [4.69, 9.17) is 9.52 Å². The first-order valence-electron chi connectivity index (χ1n) is 4.60. The maximum atomic E-state index is 10.8. The van der Waals surface area contributed by atoms with Gasteiger partial charge in [-0.05, 0) is 25.1 Å². The second-order valence-electron chi connectivity index (χ2n) is 3.45. The van der Waals surface area contributed by atoms with Crippen LogP contribution in [0.5, 0.6) is 0 Å². The molecule has 16 heavy (non-hydrogen) atoms. The minimum Gasteiger partial charge on any atom is -0.479 e. The van der Waals surface area contributed by atoms with Gasteiger partial charge < -0.3 is 14.6 Å². The number of hydrogen-bond acceptors (Lipinski definition) is 3. The van der Waals surface area contributed by atoms with Gasteiger partial charge in [-0.25, -0.2) is 4.79 Å². The molecule has 0 radical (unpaired) electrons. The molecule has 0 aliphatic heterocycles. The minimum absolute atomic E-state index is 0.315. The third-order valence-corrected chi connectivity index (χ3v) is 2.88. The molecule has 2 rings (SSSR count). The number of aliphatic hydroxyl groups excluding tert-OH is 1. The standard InChI is InChI=1S/C11H9BrO4/c1-5-9(10(13)11(14)15)7-3-2-6(12)4-8(7)16-5/h2-4,10,13H,1H3,(H,14,15). The number of carbonyl (C=O) groups is 1. The van der Waals surface area contributed by atoms with Gasteiger partial charge in [0.05, 0.1) is 0 Å². The Balaban J connectivity index is 2.69. The molecule has 1 unspecified atom stereocenters. The molecule has 1 aromatic carbocycles. The number of hydrogen-bond donors (Lipinski definition) is 2. The maximum absolute atomic E-state index is 10.8. The fourth-order valence-electron chi connectivity index (χ4n) is 1.68. The lowest BCUT2D eigenvalue weighted by molar-refractivity contribution is -0.146. The molecule has 0 fully saturated rings. The van der Waals surface area contributed by atoms with Crippen molar-refractivity contribution in [1.29, 1.82) is 0 Å². The molecule has 2 N–H and O–H groups in total. The Hall–Kier alpha value is -1.33. The number of aryl methyl sites for hydroxylation is 1. The molecule has 0 saturated heterocycles. The molecular formula is C11H9BrO4. The van der Waals surface area contributed by atoms with E-state index in [-0.39, 0.29) is 0 Å². The number of fused-ring (bicyclic) bond motifs is 1. The number of furan rings is 1. The van der Waals surface area contributed by atoms with Gasteiger partial charge in [-0.3, -0.25) is 0 Å². The van der Waals surface area contributed by atoms with Crippen molar-refractivity contribution in [2.45, 2.75) is 13.0 Å². The van der Waals surface area contributed by atoms with E-state index in [0.29, 0.717) is 22.3 Å². The molecule has 5 heteroatoms. The zero-order chi connectivity index (χ0) is 11.9. The van der Waals surface area contributed by atoms with E-state index in [2.05, 4.69) is 15.9 Å². The van der Waals surface area contributed by atoms with Crippen LogP contribution in [0.3, 0.4) is 0 Å². The van der Waals surface area contributed by atoms with Gasteiger partial charge in [0.15, 0.2) is 6.10 Å². The van der Waals surface area contributed by atoms with Gasteiger partial charge >= 0.3 is 5.97 Å². The Bertz CT molecular complexity index is 558. The highest BCUT2D eigenvalue weighted by Crippen LogP contribution is 2.32. The van der Waals surface area contributed by atoms with E-state index in [1.54, 1.807) is 25.1 Å². The maximum Gasteiger partial charge on any atom is 0.337 e. The van der Waals surface area contributed by atoms with Gasteiger partial charge in [0.2, 0.25) is 0 Å². The topological polar surface area (TPSA) is 70.7 Å². The Morgan fingerprint density at radius 1 is 1.50 bits per heavy atom. The lowest BCUT2D eigenvalue weighted by Crippen LogP contribution is -2.10. The van der Waals surface area contributed by atoms with Crippen LogP contribution in [0.15, 0.2) is 27.1 Å². The number of halogens is 1. The van der Waals surface area contributed by atoms with Crippen LogP contribution >= 0.6 is 15.9 Å². The number of aliphatic carboxylic acids is 1. The summed E-state index contributed by atoms with van der Waals surface area (Å²) in [6.45, 7) is 1.63. The molecule has 1 aromatic heterocycles. The number of carboxylic acid groups (broad SMARTS) is 1. The highest BCUT2D eigenvalue weighted by atomic mass is 79.9. The van der Waals surface area contributed by atoms with E-state index in [1.807, 2.05) is 0 Å². The first-order valence-corrected chi connectivity index (χ1v) is 5.39. The van der Waals surface area contributed by atoms with Gasteiger partial charge in [0.1, 0.15) is 11.3 Å². The van der Waals surface area contributed by atoms with Crippen molar-refractivity contribution >= 4 is 32.9 Å². The Labute approximate surface area is 99.6 Å². The van der Waals surface area contributed by atoms with Crippen molar-refractivity contribution in [3.63, 3.8) is 0 Å². The number of aliphatic hydroxyl groups is 1. The third-order valence-electron chi connectivity index (χ3n) is 2.38. The summed E-state index contributed by atoms with van der Waals surface area (Å²) >= 11 is 3.29. The summed E-state index contributed by atoms with van der Waals surface area (Å²) in [6.07, 6.45) is -1.55. The number of benzene rings is 1. The fraction of sp³-hybridized carbons (Fsp3) is 0.182. The normalized spacial score (nSPS) is 12.9. The molecule has 1 heterocycles. The van der Waals surface area contributed by atoms with Crippen molar-refractivity contribution in [1.82, 2.24) is 0 Å². The molecule has 84 valence electrons. The summed E-state index contributed by atoms with van der Waals surface area (Å²) in [5, 5.41) is 19.0. The summed E-state index contributed by atoms with van der Waals surface area (Å²) in [4.78, 5) is 10.8. The van der Waals surface area contributed by atoms with E-state index >= 15 is 0 Å². The molecule has 0 aliphatic rings. The fourth-order valence-corrected chi connectivity index (χ4v) is 2.02. The number of carboxylic acids is 1. The van der Waals surface area contributed by atoms with Crippen molar-refractivity contribution in [3.05, 3.63) is 34.0 Å². The van der Waals surface area contributed by atoms with E-state index < -0.39 is 12.1 Å². The SMILES string of the molecule is Cc1oc2cc(Br)ccc2c1C(O)C(=O)O. The minimum atomic E-state index is -1.55. The Morgan fingerprint density at radius 3 is 2.81 bits per heavy atom. The van der Waals surface area contributed by atoms with Crippen LogP contribution in [0.25, 0.3) is 11.0 Å². The average Bonchev–Trinajstić information content (AvgIpc) is 2.51. The predicted molar refractivity (Wildman–Crippen MR) is 61.2 cm³/mol. The van der Waals surface area contributed by atoms with Gasteiger partial charge in [-0.1, -0.05) is 15.9 Å². The zero-order valence-corrected chi connectivity index (χ0v) is 9.98. The summed E-state index contributed by atoms with van der Waals surface area (Å²) in [5.74, 6) is -0.864. The highest BCUT2D eigenvalue weighted by Gasteiger charge is 2.24. The zero-order valence-electron chi connectivity index (χ0n) is 8.40. The van der Waals surface area contributed by atoms with Gasteiger partial charge in [0, 0.05) is 15.4 Å². The molecule has 0 amide bonds. The van der Waals surface area contributed by atoms with Crippen LogP contribution in [-0.4, -0.2) is 16.2 Å². The molecule has 0 spiro atoms. The van der Waals surface area contributed by atoms with Crippen molar-refractivity contribution in [2.75, 3.05) is 0 Å². The molecule has 0 aliphatic carbocycles. The van der Waals surface area contributed by atoms with E-state index in [9.17, 15) is 9.90 Å². The molecule has 0 saturated carbocycles. The summed E-state index contributed by atoms with van der Waals surface area (Å²) in [6, 6.07) is 5.23. The van der Waals surface area contributed by atoms with Gasteiger partial charge in [-0.2, -0.15) is 0 Å². The lowest BCUT2D eigenvalue weighted by atomic mass is 10.1. The third kappa shape index (κ3) is 1.72. The second kappa shape index (κ2) is 3.92. The van der Waals surface area contributed by atoms with Crippen LogP contribution < -0.4 is 0 Å². The molecule has 2 aromatic rings. The van der Waals surface area contributed by atoms with E-state index in [0.717, 1.165) is 4.47 Å². The monoisotopic (exact) mass is 284 g/mol. The molecule has 0 bridgehead atoms. The Morgan fingerprint density at radius 2 is 2.19 bits per heavy atom. The summed E-state index contributed by atoms with van der Waals surface area (Å²) in [5.41, 5.74) is 0.872. The summed E-state index contributed by atoms with van der Waals surface area (Å²) in [7, 11) is 0. The first-order chi connectivity index (χ1) is 7.50.